The molecule has 1 aliphatic heterocycles. The molecular formula is C21H26N4O4S. The predicted molar refractivity (Wildman–Crippen MR) is 114 cm³/mol. The van der Waals surface area contributed by atoms with Crippen LogP contribution in [-0.2, 0) is 14.3 Å². The third-order valence-electron chi connectivity index (χ3n) is 4.79. The number of carbonyl (C=O) groups excluding carboxylic acids is 3. The van der Waals surface area contributed by atoms with E-state index in [-0.39, 0.29) is 23.8 Å². The lowest BCUT2D eigenvalue weighted by atomic mass is 10.0. The number of fused-ring (bicyclic) bond motifs is 1. The summed E-state index contributed by atoms with van der Waals surface area (Å²) in [6.07, 6.45) is 1.78. The van der Waals surface area contributed by atoms with Gasteiger partial charge < -0.3 is 15.4 Å². The van der Waals surface area contributed by atoms with Crippen molar-refractivity contribution in [1.29, 1.82) is 0 Å². The molecule has 2 N–H and O–H groups in total. The second-order valence-corrected chi connectivity index (χ2v) is 8.09. The van der Waals surface area contributed by atoms with Crippen LogP contribution in [-0.4, -0.2) is 52.2 Å². The Bertz CT molecular complexity index is 936. The Morgan fingerprint density at radius 3 is 2.70 bits per heavy atom. The van der Waals surface area contributed by atoms with Crippen molar-refractivity contribution in [3.05, 3.63) is 30.1 Å². The molecule has 0 radical (unpaired) electrons. The lowest BCUT2D eigenvalue weighted by molar-refractivity contribution is -0.143. The highest BCUT2D eigenvalue weighted by Crippen LogP contribution is 2.27. The molecule has 0 aliphatic carbocycles. The summed E-state index contributed by atoms with van der Waals surface area (Å²) in [5.74, 6) is 0.909. The summed E-state index contributed by atoms with van der Waals surface area (Å²) < 4.78 is 4.89. The molecule has 30 heavy (non-hydrogen) atoms. The number of ether oxygens (including phenoxy) is 1. The van der Waals surface area contributed by atoms with E-state index in [1.54, 1.807) is 6.92 Å². The number of hydrogen-bond donors (Lipinski definition) is 2. The van der Waals surface area contributed by atoms with E-state index in [0.717, 1.165) is 15.9 Å². The monoisotopic (exact) mass is 430 g/mol. The van der Waals surface area contributed by atoms with Gasteiger partial charge in [0, 0.05) is 24.0 Å². The first-order valence-corrected chi connectivity index (χ1v) is 11.1. The number of aryl methyl sites for hydroxylation is 1. The maximum atomic E-state index is 12.6. The van der Waals surface area contributed by atoms with E-state index in [0.29, 0.717) is 43.9 Å². The Kier molecular flexibility index (Phi) is 7.62. The van der Waals surface area contributed by atoms with Gasteiger partial charge in [0.25, 0.3) is 0 Å². The standard InChI is InChI=1S/C21H26N4O4S/c1-3-29-18(27)11-7-6-10-17(26)19-16(24-21(28)25-19)12-30-20-14-8-4-5-9-15(14)22-13(2)23-20/h4-5,8-9,16,19H,3,6-7,10-12H2,1-2H3,(H2,24,25,28). The minimum Gasteiger partial charge on any atom is -0.466 e. The minimum atomic E-state index is -0.582. The number of rotatable bonds is 10. The molecule has 3 rings (SSSR count). The van der Waals surface area contributed by atoms with Gasteiger partial charge in [-0.1, -0.05) is 18.2 Å². The third kappa shape index (κ3) is 5.69. The van der Waals surface area contributed by atoms with Crippen molar-refractivity contribution >= 4 is 40.4 Å². The molecule has 1 aliphatic rings. The maximum absolute atomic E-state index is 12.6. The fraction of sp³-hybridized carbons (Fsp3) is 0.476. The summed E-state index contributed by atoms with van der Waals surface area (Å²) in [4.78, 5) is 44.9. The number of nitrogens with one attached hydrogen (secondary N) is 2. The Morgan fingerprint density at radius 1 is 1.13 bits per heavy atom. The average Bonchev–Trinajstić information content (AvgIpc) is 3.10. The molecule has 2 aromatic rings. The zero-order valence-electron chi connectivity index (χ0n) is 17.1. The van der Waals surface area contributed by atoms with E-state index in [1.807, 2.05) is 31.2 Å². The summed E-state index contributed by atoms with van der Waals surface area (Å²) in [6, 6.07) is 6.53. The highest BCUT2D eigenvalue weighted by Gasteiger charge is 2.36. The quantitative estimate of drug-likeness (QED) is 0.258. The van der Waals surface area contributed by atoms with Crippen LogP contribution in [0.1, 0.15) is 38.4 Å². The fourth-order valence-electron chi connectivity index (χ4n) is 3.37. The van der Waals surface area contributed by atoms with Crippen LogP contribution in [0.25, 0.3) is 10.9 Å². The van der Waals surface area contributed by atoms with Gasteiger partial charge in [0.15, 0.2) is 5.78 Å². The summed E-state index contributed by atoms with van der Waals surface area (Å²) in [7, 11) is 0. The Morgan fingerprint density at radius 2 is 1.90 bits per heavy atom. The van der Waals surface area contributed by atoms with Gasteiger partial charge in [0.2, 0.25) is 0 Å². The van der Waals surface area contributed by atoms with Gasteiger partial charge in [0.05, 0.1) is 18.2 Å². The number of unbranched alkanes of at least 4 members (excludes halogenated alkanes) is 1. The molecule has 0 spiro atoms. The van der Waals surface area contributed by atoms with E-state index < -0.39 is 6.04 Å². The van der Waals surface area contributed by atoms with Crippen LogP contribution in [0.4, 0.5) is 4.79 Å². The smallest absolute Gasteiger partial charge is 0.315 e. The van der Waals surface area contributed by atoms with Crippen LogP contribution < -0.4 is 10.6 Å². The van der Waals surface area contributed by atoms with Crippen LogP contribution >= 0.6 is 11.8 Å². The number of esters is 1. The van der Waals surface area contributed by atoms with Crippen LogP contribution in [0.2, 0.25) is 0 Å². The number of carbonyl (C=O) groups is 3. The number of aromatic nitrogens is 2. The Labute approximate surface area is 179 Å². The zero-order chi connectivity index (χ0) is 21.5. The molecular weight excluding hydrogens is 404 g/mol. The lowest BCUT2D eigenvalue weighted by Crippen LogP contribution is -2.42. The first-order valence-electron chi connectivity index (χ1n) is 10.1. The normalized spacial score (nSPS) is 18.1. The Hall–Kier alpha value is -2.68. The molecule has 0 bridgehead atoms. The van der Waals surface area contributed by atoms with E-state index in [2.05, 4.69) is 20.6 Å². The van der Waals surface area contributed by atoms with E-state index in [1.165, 1.54) is 11.8 Å². The third-order valence-corrected chi connectivity index (χ3v) is 5.90. The van der Waals surface area contributed by atoms with Gasteiger partial charge in [-0.15, -0.1) is 11.8 Å². The largest absolute Gasteiger partial charge is 0.466 e. The molecule has 0 saturated carbocycles. The lowest BCUT2D eigenvalue weighted by Gasteiger charge is -2.17. The highest BCUT2D eigenvalue weighted by atomic mass is 32.2. The predicted octanol–water partition coefficient (Wildman–Crippen LogP) is 2.77. The van der Waals surface area contributed by atoms with Crippen molar-refractivity contribution in [2.45, 2.75) is 56.6 Å². The van der Waals surface area contributed by atoms with Gasteiger partial charge in [-0.2, -0.15) is 0 Å². The van der Waals surface area contributed by atoms with E-state index >= 15 is 0 Å². The van der Waals surface area contributed by atoms with Crippen molar-refractivity contribution in [3.8, 4) is 0 Å². The molecule has 2 amide bonds. The molecule has 8 nitrogen and oxygen atoms in total. The second-order valence-electron chi connectivity index (χ2n) is 7.08. The average molecular weight is 431 g/mol. The van der Waals surface area contributed by atoms with Crippen molar-refractivity contribution in [1.82, 2.24) is 20.6 Å². The summed E-state index contributed by atoms with van der Waals surface area (Å²) in [5.41, 5.74) is 0.871. The van der Waals surface area contributed by atoms with Crippen molar-refractivity contribution in [3.63, 3.8) is 0 Å². The topological polar surface area (TPSA) is 110 Å². The van der Waals surface area contributed by atoms with E-state index in [4.69, 9.17) is 4.74 Å². The molecule has 160 valence electrons. The van der Waals surface area contributed by atoms with Gasteiger partial charge in [-0.05, 0) is 32.8 Å². The van der Waals surface area contributed by atoms with Crippen molar-refractivity contribution in [2.24, 2.45) is 0 Å². The molecule has 9 heteroatoms. The summed E-state index contributed by atoms with van der Waals surface area (Å²) in [5, 5.41) is 7.34. The number of hydrogen-bond acceptors (Lipinski definition) is 7. The molecule has 1 fully saturated rings. The number of thioether (sulfide) groups is 1. The fourth-order valence-corrected chi connectivity index (χ4v) is 4.51. The zero-order valence-corrected chi connectivity index (χ0v) is 18.0. The van der Waals surface area contributed by atoms with Crippen LogP contribution in [0.3, 0.4) is 0 Å². The van der Waals surface area contributed by atoms with Crippen molar-refractivity contribution < 1.29 is 19.1 Å². The first kappa shape index (κ1) is 22.0. The molecule has 2 unspecified atom stereocenters. The SMILES string of the molecule is CCOC(=O)CCCCC(=O)C1NC(=O)NC1CSc1nc(C)nc2ccccc12. The highest BCUT2D eigenvalue weighted by molar-refractivity contribution is 7.99. The molecule has 2 heterocycles. The van der Waals surface area contributed by atoms with Gasteiger partial charge >= 0.3 is 12.0 Å². The molecule has 1 saturated heterocycles. The summed E-state index contributed by atoms with van der Waals surface area (Å²) >= 11 is 1.50. The van der Waals surface area contributed by atoms with Crippen LogP contribution in [0.15, 0.2) is 29.3 Å². The number of Topliss-reactive ketones (excluding diaryl/α,β-unsaturated/α-hetero) is 1. The minimum absolute atomic E-state index is 0.0356. The molecule has 2 atom stereocenters. The second kappa shape index (κ2) is 10.4. The number of para-hydroxylation sites is 1. The summed E-state index contributed by atoms with van der Waals surface area (Å²) in [6.45, 7) is 3.97. The van der Waals surface area contributed by atoms with Gasteiger partial charge in [-0.25, -0.2) is 14.8 Å². The number of nitrogens with zero attached hydrogens (tertiary/aromatic N) is 2. The number of amides is 2. The Balaban J connectivity index is 1.57. The molecule has 1 aromatic heterocycles. The van der Waals surface area contributed by atoms with Crippen LogP contribution in [0, 0.1) is 6.92 Å². The maximum Gasteiger partial charge on any atom is 0.315 e. The van der Waals surface area contributed by atoms with Gasteiger partial charge in [-0.3, -0.25) is 9.59 Å². The van der Waals surface area contributed by atoms with Crippen molar-refractivity contribution in [2.75, 3.05) is 12.4 Å². The number of benzene rings is 1. The number of urea groups is 1. The number of ketones is 1. The van der Waals surface area contributed by atoms with Crippen LogP contribution in [0.5, 0.6) is 0 Å². The first-order chi connectivity index (χ1) is 14.5. The van der Waals surface area contributed by atoms with Gasteiger partial charge in [0.1, 0.15) is 16.9 Å². The molecule has 1 aromatic carbocycles. The van der Waals surface area contributed by atoms with E-state index in [9.17, 15) is 14.4 Å².